The van der Waals surface area contributed by atoms with Gasteiger partial charge in [-0.2, -0.15) is 0 Å². The van der Waals surface area contributed by atoms with Crippen LogP contribution < -0.4 is 9.80 Å². The average Bonchev–Trinajstić information content (AvgIpc) is 3.18. The molecule has 0 spiro atoms. The quantitative estimate of drug-likeness (QED) is 0.283. The van der Waals surface area contributed by atoms with Crippen LogP contribution in [0.1, 0.15) is 45.9 Å². The van der Waals surface area contributed by atoms with Gasteiger partial charge in [-0.25, -0.2) is 0 Å². The Labute approximate surface area is 221 Å². The third kappa shape index (κ3) is 5.19. The van der Waals surface area contributed by atoms with Gasteiger partial charge in [-0.3, -0.25) is 0 Å². The van der Waals surface area contributed by atoms with Gasteiger partial charge >= 0.3 is 222 Å². The van der Waals surface area contributed by atoms with Gasteiger partial charge in [-0.1, -0.05) is 0 Å². The van der Waals surface area contributed by atoms with Crippen LogP contribution in [0, 0.1) is 41.5 Å². The summed E-state index contributed by atoms with van der Waals surface area (Å²) in [5.74, 6) is 0. The van der Waals surface area contributed by atoms with Crippen LogP contribution in [0.2, 0.25) is 0 Å². The zero-order valence-corrected chi connectivity index (χ0v) is 25.1. The van der Waals surface area contributed by atoms with Crippen LogP contribution in [0.4, 0.5) is 11.4 Å². The molecule has 0 unspecified atom stereocenters. The molecule has 1 heterocycles. The molecule has 5 heteroatoms. The molecule has 4 rings (SSSR count). The fourth-order valence-corrected chi connectivity index (χ4v) is 11.1. The van der Waals surface area contributed by atoms with Crippen molar-refractivity contribution in [1.82, 2.24) is 0 Å². The number of aryl methyl sites for hydroxylation is 6. The molecule has 1 fully saturated rings. The number of hydrogen-bond donors (Lipinski definition) is 0. The molecule has 0 aromatic heterocycles. The predicted molar refractivity (Wildman–Crippen MR) is 154 cm³/mol. The summed E-state index contributed by atoms with van der Waals surface area (Å²) < 4.78 is 2.29. The summed E-state index contributed by atoms with van der Waals surface area (Å²) in [5, 5.41) is 0. The molecule has 188 valence electrons. The van der Waals surface area contributed by atoms with E-state index in [4.69, 9.17) is 19.4 Å². The Morgan fingerprint density at radius 1 is 0.714 bits per heavy atom. The monoisotopic (exact) mass is 596 g/mol. The van der Waals surface area contributed by atoms with E-state index in [9.17, 15) is 0 Å². The van der Waals surface area contributed by atoms with Gasteiger partial charge in [0.05, 0.1) is 0 Å². The van der Waals surface area contributed by atoms with Crippen molar-refractivity contribution in [3.8, 4) is 0 Å². The Hall–Kier alpha value is -1.80. The Kier molecular flexibility index (Phi) is 7.72. The van der Waals surface area contributed by atoms with Crippen molar-refractivity contribution in [2.24, 2.45) is 0 Å². The molecule has 3 aromatic carbocycles. The standard InChI is InChI=1S/C21H26N2.C9H10.2ClH.Ru/c1-14-9-16(3)20(17(4)10-14)22-7-8-23(13-22)21-18(5)11-15(2)12-19(21)6;1-2-6-9-7-4-3-5-8-9;;;/h9-12H,7-8H2,1-6H3;3-5,7-8H,6H2,1H3;2*1H;/q;;;;+2/p-2. The first kappa shape index (κ1) is 26.3. The summed E-state index contributed by atoms with van der Waals surface area (Å²) >= 11 is -3.46. The molecule has 0 radical (unpaired) electrons. The number of benzene rings is 3. The molecule has 2 nitrogen and oxygen atoms in total. The van der Waals surface area contributed by atoms with Gasteiger partial charge < -0.3 is 0 Å². The van der Waals surface area contributed by atoms with Crippen molar-refractivity contribution < 1.29 is 11.9 Å². The van der Waals surface area contributed by atoms with E-state index in [1.165, 1.54) is 54.4 Å². The van der Waals surface area contributed by atoms with E-state index >= 15 is 0 Å². The van der Waals surface area contributed by atoms with E-state index in [0.717, 1.165) is 23.9 Å². The Morgan fingerprint density at radius 2 is 1.11 bits per heavy atom. The van der Waals surface area contributed by atoms with Crippen molar-refractivity contribution in [3.05, 3.63) is 93.5 Å². The zero-order chi connectivity index (χ0) is 25.5. The molecular weight excluding hydrogens is 560 g/mol. The normalized spacial score (nSPS) is 14.6. The fraction of sp³-hybridized carbons (Fsp3) is 0.333. The van der Waals surface area contributed by atoms with Crippen molar-refractivity contribution in [3.63, 3.8) is 0 Å². The molecule has 0 saturated carbocycles. The van der Waals surface area contributed by atoms with Crippen molar-refractivity contribution in [2.45, 2.75) is 54.9 Å². The van der Waals surface area contributed by atoms with Crippen LogP contribution in [0.5, 0.6) is 0 Å². The minimum absolute atomic E-state index is 0.795. The van der Waals surface area contributed by atoms with Crippen LogP contribution in [-0.2, 0) is 18.3 Å². The third-order valence-electron chi connectivity index (χ3n) is 6.65. The first-order valence-electron chi connectivity index (χ1n) is 12.1. The van der Waals surface area contributed by atoms with Crippen LogP contribution in [-0.4, -0.2) is 21.6 Å². The van der Waals surface area contributed by atoms with E-state index in [-0.39, 0.29) is 0 Å². The second-order valence-corrected chi connectivity index (χ2v) is 19.6. The van der Waals surface area contributed by atoms with Gasteiger partial charge in [0.2, 0.25) is 0 Å². The van der Waals surface area contributed by atoms with Crippen LogP contribution in [0.3, 0.4) is 0 Å². The summed E-state index contributed by atoms with van der Waals surface area (Å²) in [6.07, 6.45) is 0.795. The molecule has 1 aliphatic rings. The van der Waals surface area contributed by atoms with Gasteiger partial charge in [0, 0.05) is 0 Å². The predicted octanol–water partition coefficient (Wildman–Crippen LogP) is 7.85. The van der Waals surface area contributed by atoms with Crippen LogP contribution in [0.15, 0.2) is 54.6 Å². The molecular formula is C30H36Cl2N2Ru. The molecule has 35 heavy (non-hydrogen) atoms. The SMILES string of the molecule is C[C](Cc1ccccc1)=[Ru]([Cl])([Cl])=[C]1N(c2c(C)cc(C)cc2C)CCN1c1c(C)cc(C)cc1C. The van der Waals surface area contributed by atoms with Crippen molar-refractivity contribution in [2.75, 3.05) is 22.9 Å². The number of nitrogens with zero attached hydrogens (tertiary/aromatic N) is 2. The van der Waals surface area contributed by atoms with Gasteiger partial charge in [-0.05, 0) is 0 Å². The van der Waals surface area contributed by atoms with Gasteiger partial charge in [0.25, 0.3) is 0 Å². The molecule has 0 aliphatic carbocycles. The zero-order valence-electron chi connectivity index (χ0n) is 21.8. The molecule has 3 aromatic rings. The summed E-state index contributed by atoms with van der Waals surface area (Å²) in [6, 6.07) is 19.6. The van der Waals surface area contributed by atoms with E-state index in [1.54, 1.807) is 0 Å². The minimum atomic E-state index is -3.46. The summed E-state index contributed by atoms with van der Waals surface area (Å²) in [5.41, 5.74) is 11.4. The van der Waals surface area contributed by atoms with Crippen molar-refractivity contribution >= 4 is 39.2 Å². The molecule has 0 amide bonds. The fourth-order valence-electron chi connectivity index (χ4n) is 5.45. The first-order chi connectivity index (χ1) is 16.5. The van der Waals surface area contributed by atoms with E-state index in [2.05, 4.69) is 113 Å². The number of rotatable bonds is 4. The topological polar surface area (TPSA) is 6.48 Å². The van der Waals surface area contributed by atoms with Crippen molar-refractivity contribution in [1.29, 1.82) is 0 Å². The maximum atomic E-state index is 7.58. The third-order valence-corrected chi connectivity index (χ3v) is 14.9. The molecule has 0 bridgehead atoms. The van der Waals surface area contributed by atoms with E-state index in [1.807, 2.05) is 0 Å². The molecule has 1 saturated heterocycles. The van der Waals surface area contributed by atoms with Crippen LogP contribution in [0.25, 0.3) is 0 Å². The Bertz CT molecular complexity index is 1280. The maximum absolute atomic E-state index is 7.58. The van der Waals surface area contributed by atoms with Gasteiger partial charge in [0.1, 0.15) is 0 Å². The van der Waals surface area contributed by atoms with Gasteiger partial charge in [-0.15, -0.1) is 0 Å². The number of halogens is 2. The average molecular weight is 597 g/mol. The summed E-state index contributed by atoms with van der Waals surface area (Å²) in [6.45, 7) is 17.0. The Balaban J connectivity index is 2.01. The first-order valence-corrected chi connectivity index (χ1v) is 18.3. The number of hydrogen-bond acceptors (Lipinski definition) is 2. The van der Waals surface area contributed by atoms with E-state index < -0.39 is 11.9 Å². The van der Waals surface area contributed by atoms with Crippen LogP contribution >= 0.6 is 19.4 Å². The summed E-state index contributed by atoms with van der Waals surface area (Å²) in [7, 11) is 15.2. The second kappa shape index (κ2) is 10.3. The molecule has 1 aliphatic heterocycles. The molecule has 0 atom stereocenters. The second-order valence-electron chi connectivity index (χ2n) is 9.78. The Morgan fingerprint density at radius 3 is 1.51 bits per heavy atom. The molecule has 0 N–H and O–H groups in total. The van der Waals surface area contributed by atoms with Gasteiger partial charge in [0.15, 0.2) is 0 Å². The number of anilines is 2. The van der Waals surface area contributed by atoms with E-state index in [0.29, 0.717) is 0 Å². The summed E-state index contributed by atoms with van der Waals surface area (Å²) in [4.78, 5) is 4.87.